The second-order valence-corrected chi connectivity index (χ2v) is 8.08. The smallest absolute Gasteiger partial charge is 0.203 e. The SMILES string of the molecule is Clc1ccc(Br)c(C=NNc2nc(-c3ccccc3)cs2)c1Oc1ccccc1. The molecule has 0 amide bonds. The van der Waals surface area contributed by atoms with Crippen LogP contribution >= 0.6 is 38.9 Å². The predicted octanol–water partition coefficient (Wildman–Crippen LogP) is 7.46. The molecule has 1 heterocycles. The molecule has 4 rings (SSSR count). The highest BCUT2D eigenvalue weighted by Crippen LogP contribution is 2.36. The van der Waals surface area contributed by atoms with E-state index in [-0.39, 0.29) is 0 Å². The third kappa shape index (κ3) is 4.85. The van der Waals surface area contributed by atoms with Crippen LogP contribution in [-0.4, -0.2) is 11.2 Å². The quantitative estimate of drug-likeness (QED) is 0.228. The van der Waals surface area contributed by atoms with Crippen LogP contribution in [0.2, 0.25) is 5.02 Å². The molecule has 0 saturated carbocycles. The van der Waals surface area contributed by atoms with Crippen LogP contribution in [0.3, 0.4) is 0 Å². The molecule has 4 nitrogen and oxygen atoms in total. The van der Waals surface area contributed by atoms with Gasteiger partial charge in [-0.1, -0.05) is 60.1 Å². The number of halogens is 2. The van der Waals surface area contributed by atoms with Crippen molar-refractivity contribution in [2.45, 2.75) is 0 Å². The molecule has 29 heavy (non-hydrogen) atoms. The summed E-state index contributed by atoms with van der Waals surface area (Å²) in [6, 6.07) is 23.1. The average molecular weight is 485 g/mol. The molecule has 0 atom stereocenters. The van der Waals surface area contributed by atoms with Crippen molar-refractivity contribution in [2.24, 2.45) is 5.10 Å². The number of hydrogen-bond donors (Lipinski definition) is 1. The van der Waals surface area contributed by atoms with Crippen molar-refractivity contribution < 1.29 is 4.74 Å². The fourth-order valence-electron chi connectivity index (χ4n) is 2.60. The Labute approximate surface area is 186 Å². The van der Waals surface area contributed by atoms with Gasteiger partial charge in [-0.05, 0) is 40.2 Å². The maximum Gasteiger partial charge on any atom is 0.203 e. The normalized spacial score (nSPS) is 11.0. The first-order chi connectivity index (χ1) is 14.2. The van der Waals surface area contributed by atoms with Gasteiger partial charge in [0.1, 0.15) is 5.75 Å². The lowest BCUT2D eigenvalue weighted by atomic mass is 10.2. The molecule has 0 aliphatic heterocycles. The third-order valence-electron chi connectivity index (χ3n) is 3.99. The molecule has 1 aromatic heterocycles. The summed E-state index contributed by atoms with van der Waals surface area (Å²) in [6.45, 7) is 0. The maximum absolute atomic E-state index is 6.38. The van der Waals surface area contributed by atoms with Crippen LogP contribution in [-0.2, 0) is 0 Å². The second kappa shape index (κ2) is 9.22. The highest BCUT2D eigenvalue weighted by molar-refractivity contribution is 9.10. The first-order valence-corrected chi connectivity index (χ1v) is 10.8. The van der Waals surface area contributed by atoms with Gasteiger partial charge in [-0.15, -0.1) is 11.3 Å². The van der Waals surface area contributed by atoms with Gasteiger partial charge in [0.2, 0.25) is 5.13 Å². The molecule has 1 N–H and O–H groups in total. The summed E-state index contributed by atoms with van der Waals surface area (Å²) in [6.07, 6.45) is 1.66. The number of nitrogens with one attached hydrogen (secondary N) is 1. The number of para-hydroxylation sites is 1. The minimum absolute atomic E-state index is 0.499. The molecule has 0 aliphatic carbocycles. The summed E-state index contributed by atoms with van der Waals surface area (Å²) in [7, 11) is 0. The highest BCUT2D eigenvalue weighted by Gasteiger charge is 2.12. The van der Waals surface area contributed by atoms with Crippen molar-refractivity contribution in [3.05, 3.63) is 93.2 Å². The first-order valence-electron chi connectivity index (χ1n) is 8.71. The van der Waals surface area contributed by atoms with E-state index in [1.807, 2.05) is 72.1 Å². The molecular weight excluding hydrogens is 470 g/mol. The third-order valence-corrected chi connectivity index (χ3v) is 5.72. The molecule has 0 aliphatic rings. The van der Waals surface area contributed by atoms with Crippen LogP contribution in [0.4, 0.5) is 5.13 Å². The summed E-state index contributed by atoms with van der Waals surface area (Å²) < 4.78 is 6.81. The number of benzene rings is 3. The summed E-state index contributed by atoms with van der Waals surface area (Å²) in [5.41, 5.74) is 5.68. The lowest BCUT2D eigenvalue weighted by Crippen LogP contribution is -1.96. The van der Waals surface area contributed by atoms with E-state index in [9.17, 15) is 0 Å². The largest absolute Gasteiger partial charge is 0.455 e. The molecule has 3 aromatic carbocycles. The van der Waals surface area contributed by atoms with Gasteiger partial charge in [-0.2, -0.15) is 5.10 Å². The Hall–Kier alpha value is -2.67. The average Bonchev–Trinajstić information content (AvgIpc) is 3.23. The van der Waals surface area contributed by atoms with Crippen molar-refractivity contribution in [2.75, 3.05) is 5.43 Å². The first kappa shape index (κ1) is 19.6. The fraction of sp³-hybridized carbons (Fsp3) is 0. The van der Waals surface area contributed by atoms with Crippen molar-refractivity contribution in [3.63, 3.8) is 0 Å². The fourth-order valence-corrected chi connectivity index (χ4v) is 3.88. The number of ether oxygens (including phenoxy) is 1. The monoisotopic (exact) mass is 483 g/mol. The lowest BCUT2D eigenvalue weighted by Gasteiger charge is -2.12. The molecule has 0 fully saturated rings. The zero-order valence-electron chi connectivity index (χ0n) is 15.0. The van der Waals surface area contributed by atoms with E-state index in [4.69, 9.17) is 16.3 Å². The van der Waals surface area contributed by atoms with Crippen LogP contribution < -0.4 is 10.2 Å². The van der Waals surface area contributed by atoms with Gasteiger partial charge in [0.25, 0.3) is 0 Å². The highest BCUT2D eigenvalue weighted by atomic mass is 79.9. The second-order valence-electron chi connectivity index (χ2n) is 5.96. The molecule has 144 valence electrons. The van der Waals surface area contributed by atoms with Crippen LogP contribution in [0, 0.1) is 0 Å². The Morgan fingerprint density at radius 1 is 1.00 bits per heavy atom. The van der Waals surface area contributed by atoms with E-state index >= 15 is 0 Å². The van der Waals surface area contributed by atoms with Crippen LogP contribution in [0.1, 0.15) is 5.56 Å². The lowest BCUT2D eigenvalue weighted by molar-refractivity contribution is 0.482. The molecule has 0 bridgehead atoms. The summed E-state index contributed by atoms with van der Waals surface area (Å²) in [4.78, 5) is 4.57. The van der Waals surface area contributed by atoms with Crippen LogP contribution in [0.25, 0.3) is 11.3 Å². The van der Waals surface area contributed by atoms with Crippen molar-refractivity contribution >= 4 is 50.2 Å². The Morgan fingerprint density at radius 2 is 1.72 bits per heavy atom. The number of nitrogens with zero attached hydrogens (tertiary/aromatic N) is 2. The Morgan fingerprint density at radius 3 is 2.48 bits per heavy atom. The number of anilines is 1. The van der Waals surface area contributed by atoms with E-state index in [0.29, 0.717) is 21.7 Å². The molecule has 7 heteroatoms. The van der Waals surface area contributed by atoms with Crippen molar-refractivity contribution in [1.82, 2.24) is 4.98 Å². The zero-order chi connectivity index (χ0) is 20.1. The summed E-state index contributed by atoms with van der Waals surface area (Å²) in [5, 5.41) is 7.52. The van der Waals surface area contributed by atoms with E-state index in [2.05, 4.69) is 31.4 Å². The van der Waals surface area contributed by atoms with Gasteiger partial charge in [0.05, 0.1) is 22.5 Å². The topological polar surface area (TPSA) is 46.5 Å². The van der Waals surface area contributed by atoms with Crippen molar-refractivity contribution in [1.29, 1.82) is 0 Å². The summed E-state index contributed by atoms with van der Waals surface area (Å²) >= 11 is 11.4. The number of aromatic nitrogens is 1. The van der Waals surface area contributed by atoms with Crippen LogP contribution in [0.15, 0.2) is 87.8 Å². The summed E-state index contributed by atoms with van der Waals surface area (Å²) in [5.74, 6) is 1.23. The standard InChI is InChI=1S/C22H15BrClN3OS/c23-18-11-12-19(24)21(28-16-9-5-2-6-10-16)17(18)13-25-27-22-26-20(14-29-22)15-7-3-1-4-8-15/h1-14H,(H,26,27). The molecule has 0 radical (unpaired) electrons. The Bertz CT molecular complexity index is 1130. The van der Waals surface area contributed by atoms with E-state index in [0.717, 1.165) is 21.3 Å². The van der Waals surface area contributed by atoms with Gasteiger partial charge in [0, 0.05) is 15.4 Å². The number of rotatable bonds is 6. The molecule has 0 unspecified atom stereocenters. The number of hydrogen-bond acceptors (Lipinski definition) is 5. The molecule has 0 saturated heterocycles. The molecule has 0 spiro atoms. The van der Waals surface area contributed by atoms with E-state index in [1.165, 1.54) is 11.3 Å². The van der Waals surface area contributed by atoms with E-state index < -0.39 is 0 Å². The number of thiazole rings is 1. The predicted molar refractivity (Wildman–Crippen MR) is 124 cm³/mol. The minimum atomic E-state index is 0.499. The van der Waals surface area contributed by atoms with Crippen molar-refractivity contribution in [3.8, 4) is 22.8 Å². The Kier molecular flexibility index (Phi) is 6.24. The van der Waals surface area contributed by atoms with Crippen LogP contribution in [0.5, 0.6) is 11.5 Å². The van der Waals surface area contributed by atoms with Gasteiger partial charge in [-0.3, -0.25) is 5.43 Å². The molecule has 4 aromatic rings. The zero-order valence-corrected chi connectivity index (χ0v) is 18.2. The van der Waals surface area contributed by atoms with E-state index in [1.54, 1.807) is 12.3 Å². The molecular formula is C22H15BrClN3OS. The number of hydrazone groups is 1. The van der Waals surface area contributed by atoms with Gasteiger partial charge in [0.15, 0.2) is 5.75 Å². The van der Waals surface area contributed by atoms with Gasteiger partial charge in [-0.25, -0.2) is 4.98 Å². The minimum Gasteiger partial charge on any atom is -0.455 e. The maximum atomic E-state index is 6.38. The van der Waals surface area contributed by atoms with Gasteiger partial charge >= 0.3 is 0 Å². The Balaban J connectivity index is 1.54. The van der Waals surface area contributed by atoms with Gasteiger partial charge < -0.3 is 4.74 Å².